The van der Waals surface area contributed by atoms with Crippen molar-refractivity contribution in [2.45, 2.75) is 32.5 Å². The van der Waals surface area contributed by atoms with Gasteiger partial charge in [0.05, 0.1) is 25.1 Å². The molecule has 0 radical (unpaired) electrons. The van der Waals surface area contributed by atoms with Gasteiger partial charge in [0.1, 0.15) is 5.82 Å². The van der Waals surface area contributed by atoms with E-state index in [4.69, 9.17) is 9.47 Å². The van der Waals surface area contributed by atoms with Crippen molar-refractivity contribution in [1.82, 2.24) is 9.97 Å². The second kappa shape index (κ2) is 4.57. The molecule has 1 fully saturated rings. The maximum Gasteiger partial charge on any atom is 0.200 e. The molecule has 2 rings (SSSR count). The van der Waals surface area contributed by atoms with Crippen molar-refractivity contribution < 1.29 is 9.47 Å². The molecule has 0 aliphatic carbocycles. The highest BCUT2D eigenvalue weighted by atomic mass is 16.7. The van der Waals surface area contributed by atoms with Crippen LogP contribution >= 0.6 is 0 Å². The first-order valence-corrected chi connectivity index (χ1v) is 5.17. The van der Waals surface area contributed by atoms with Gasteiger partial charge in [0.15, 0.2) is 0 Å². The molecule has 1 aliphatic rings. The lowest BCUT2D eigenvalue weighted by Gasteiger charge is -2.04. The van der Waals surface area contributed by atoms with Gasteiger partial charge in [-0.25, -0.2) is 4.98 Å². The Kier molecular flexibility index (Phi) is 3.16. The lowest BCUT2D eigenvalue weighted by Crippen LogP contribution is -1.98. The number of imidazole rings is 1. The fourth-order valence-electron chi connectivity index (χ4n) is 1.51. The molecule has 1 aliphatic heterocycles. The Morgan fingerprint density at radius 2 is 2.29 bits per heavy atom. The van der Waals surface area contributed by atoms with Crippen LogP contribution in [0.15, 0.2) is 6.20 Å². The van der Waals surface area contributed by atoms with Crippen LogP contribution in [0.1, 0.15) is 37.6 Å². The van der Waals surface area contributed by atoms with E-state index in [0.717, 1.165) is 17.9 Å². The number of hydrogen-bond donors (Lipinski definition) is 1. The minimum absolute atomic E-state index is 0.224. The Labute approximate surface area is 83.6 Å². The fraction of sp³-hybridized carbons (Fsp3) is 0.700. The summed E-state index contributed by atoms with van der Waals surface area (Å²) in [5.74, 6) is 1.03. The number of aromatic nitrogens is 2. The van der Waals surface area contributed by atoms with E-state index in [0.29, 0.717) is 13.2 Å². The Balaban J connectivity index is 1.94. The predicted molar refractivity (Wildman–Crippen MR) is 51.8 cm³/mol. The summed E-state index contributed by atoms with van der Waals surface area (Å²) in [5.41, 5.74) is 0.939. The van der Waals surface area contributed by atoms with Crippen LogP contribution in [0.2, 0.25) is 0 Å². The van der Waals surface area contributed by atoms with Gasteiger partial charge in [-0.15, -0.1) is 0 Å². The van der Waals surface area contributed by atoms with E-state index in [1.165, 1.54) is 12.8 Å². The van der Waals surface area contributed by atoms with Gasteiger partial charge in [-0.1, -0.05) is 13.3 Å². The molecule has 1 aromatic heterocycles. The maximum atomic E-state index is 5.36. The van der Waals surface area contributed by atoms with Gasteiger partial charge >= 0.3 is 0 Å². The van der Waals surface area contributed by atoms with Crippen LogP contribution in [0.3, 0.4) is 0 Å². The summed E-state index contributed by atoms with van der Waals surface area (Å²) in [6.45, 7) is 3.52. The number of unbranched alkanes of at least 4 members (excludes halogenated alkanes) is 1. The van der Waals surface area contributed by atoms with Crippen LogP contribution < -0.4 is 0 Å². The van der Waals surface area contributed by atoms with Gasteiger partial charge in [-0.05, 0) is 6.42 Å². The minimum atomic E-state index is -0.224. The molecule has 78 valence electrons. The Hall–Kier alpha value is -0.870. The standard InChI is InChI=1S/C10H16N2O2/c1-2-3-4-9-11-7-8(12-9)10-13-5-6-14-10/h7,10H,2-6H2,1H3,(H,11,12). The third-order valence-electron chi connectivity index (χ3n) is 2.29. The van der Waals surface area contributed by atoms with Crippen LogP contribution in [-0.4, -0.2) is 23.2 Å². The number of hydrogen-bond acceptors (Lipinski definition) is 3. The first-order chi connectivity index (χ1) is 6.90. The zero-order valence-electron chi connectivity index (χ0n) is 8.45. The normalized spacial score (nSPS) is 17.8. The molecule has 0 atom stereocenters. The van der Waals surface area contributed by atoms with Crippen LogP contribution in [0.25, 0.3) is 0 Å². The maximum absolute atomic E-state index is 5.36. The molecule has 4 heteroatoms. The third-order valence-corrected chi connectivity index (χ3v) is 2.29. The average molecular weight is 196 g/mol. The second-order valence-corrected chi connectivity index (χ2v) is 3.46. The SMILES string of the molecule is CCCCc1ncc(C2OCCO2)[nH]1. The van der Waals surface area contributed by atoms with E-state index in [1.54, 1.807) is 6.20 Å². The summed E-state index contributed by atoms with van der Waals surface area (Å²) in [4.78, 5) is 7.51. The predicted octanol–water partition coefficient (Wildman–Crippen LogP) is 1.80. The van der Waals surface area contributed by atoms with Crippen molar-refractivity contribution in [3.63, 3.8) is 0 Å². The largest absolute Gasteiger partial charge is 0.345 e. The topological polar surface area (TPSA) is 47.1 Å². The molecule has 2 heterocycles. The number of nitrogens with zero attached hydrogens (tertiary/aromatic N) is 1. The molecule has 1 aromatic rings. The van der Waals surface area contributed by atoms with Crippen molar-refractivity contribution in [2.75, 3.05) is 13.2 Å². The molecule has 0 aromatic carbocycles. The van der Waals surface area contributed by atoms with E-state index in [2.05, 4.69) is 16.9 Å². The monoisotopic (exact) mass is 196 g/mol. The number of ether oxygens (including phenoxy) is 2. The number of H-pyrrole nitrogens is 1. The number of aromatic amines is 1. The van der Waals surface area contributed by atoms with Crippen LogP contribution in [0, 0.1) is 0 Å². The Morgan fingerprint density at radius 1 is 1.50 bits per heavy atom. The lowest BCUT2D eigenvalue weighted by atomic mass is 10.2. The van der Waals surface area contributed by atoms with Crippen LogP contribution in [0.5, 0.6) is 0 Å². The molecule has 0 saturated carbocycles. The Morgan fingerprint density at radius 3 is 3.00 bits per heavy atom. The van der Waals surface area contributed by atoms with Gasteiger partial charge in [-0.3, -0.25) is 0 Å². The van der Waals surface area contributed by atoms with Crippen molar-refractivity contribution in [3.05, 3.63) is 17.7 Å². The van der Waals surface area contributed by atoms with Gasteiger partial charge in [0.25, 0.3) is 0 Å². The molecular formula is C10H16N2O2. The van der Waals surface area contributed by atoms with E-state index in [9.17, 15) is 0 Å². The molecule has 0 amide bonds. The Bertz CT molecular complexity index is 279. The molecule has 4 nitrogen and oxygen atoms in total. The zero-order chi connectivity index (χ0) is 9.80. The molecule has 14 heavy (non-hydrogen) atoms. The van der Waals surface area contributed by atoms with Crippen molar-refractivity contribution in [2.24, 2.45) is 0 Å². The molecule has 0 spiro atoms. The van der Waals surface area contributed by atoms with Gasteiger partial charge < -0.3 is 14.5 Å². The highest BCUT2D eigenvalue weighted by molar-refractivity contribution is 5.03. The van der Waals surface area contributed by atoms with Crippen LogP contribution in [-0.2, 0) is 15.9 Å². The number of rotatable bonds is 4. The first-order valence-electron chi connectivity index (χ1n) is 5.17. The first kappa shape index (κ1) is 9.68. The van der Waals surface area contributed by atoms with Crippen molar-refractivity contribution in [3.8, 4) is 0 Å². The summed E-state index contributed by atoms with van der Waals surface area (Å²) < 4.78 is 10.7. The summed E-state index contributed by atoms with van der Waals surface area (Å²) in [6, 6.07) is 0. The molecule has 1 N–H and O–H groups in total. The minimum Gasteiger partial charge on any atom is -0.345 e. The van der Waals surface area contributed by atoms with Gasteiger partial charge in [0.2, 0.25) is 6.29 Å². The smallest absolute Gasteiger partial charge is 0.200 e. The quantitative estimate of drug-likeness (QED) is 0.798. The summed E-state index contributed by atoms with van der Waals surface area (Å²) in [6.07, 6.45) is 4.94. The number of aryl methyl sites for hydroxylation is 1. The number of nitrogens with one attached hydrogen (secondary N) is 1. The van der Waals surface area contributed by atoms with E-state index < -0.39 is 0 Å². The lowest BCUT2D eigenvalue weighted by molar-refractivity contribution is -0.0470. The summed E-state index contributed by atoms with van der Waals surface area (Å²) in [5, 5.41) is 0. The second-order valence-electron chi connectivity index (χ2n) is 3.46. The third kappa shape index (κ3) is 2.13. The zero-order valence-corrected chi connectivity index (χ0v) is 8.45. The summed E-state index contributed by atoms with van der Waals surface area (Å²) in [7, 11) is 0. The highest BCUT2D eigenvalue weighted by Gasteiger charge is 2.20. The van der Waals surface area contributed by atoms with E-state index in [-0.39, 0.29) is 6.29 Å². The summed E-state index contributed by atoms with van der Waals surface area (Å²) >= 11 is 0. The fourth-order valence-corrected chi connectivity index (χ4v) is 1.51. The van der Waals surface area contributed by atoms with Crippen molar-refractivity contribution >= 4 is 0 Å². The molecular weight excluding hydrogens is 180 g/mol. The van der Waals surface area contributed by atoms with E-state index in [1.807, 2.05) is 0 Å². The molecule has 1 saturated heterocycles. The molecule has 0 bridgehead atoms. The van der Waals surface area contributed by atoms with Gasteiger partial charge in [0, 0.05) is 6.42 Å². The van der Waals surface area contributed by atoms with E-state index >= 15 is 0 Å². The highest BCUT2D eigenvalue weighted by Crippen LogP contribution is 2.21. The molecule has 0 unspecified atom stereocenters. The van der Waals surface area contributed by atoms with Crippen molar-refractivity contribution in [1.29, 1.82) is 0 Å². The van der Waals surface area contributed by atoms with Gasteiger partial charge in [-0.2, -0.15) is 0 Å². The van der Waals surface area contributed by atoms with Crippen LogP contribution in [0.4, 0.5) is 0 Å². The average Bonchev–Trinajstić information content (AvgIpc) is 2.85.